The minimum Gasteiger partial charge on any atom is -0.481 e. The normalized spacial score (nSPS) is 18.6. The van der Waals surface area contributed by atoms with E-state index >= 15 is 0 Å². The van der Waals surface area contributed by atoms with E-state index in [0.29, 0.717) is 17.9 Å². The largest absolute Gasteiger partial charge is 0.481 e. The Morgan fingerprint density at radius 2 is 2.00 bits per heavy atom. The highest BCUT2D eigenvalue weighted by molar-refractivity contribution is 6.31. The van der Waals surface area contributed by atoms with Gasteiger partial charge >= 0.3 is 5.97 Å². The summed E-state index contributed by atoms with van der Waals surface area (Å²) in [4.78, 5) is 11.5. The van der Waals surface area contributed by atoms with Crippen LogP contribution in [0.3, 0.4) is 0 Å². The van der Waals surface area contributed by atoms with Crippen molar-refractivity contribution in [1.29, 1.82) is 0 Å². The van der Waals surface area contributed by atoms with E-state index < -0.39 is 11.4 Å². The zero-order valence-corrected chi connectivity index (χ0v) is 10.0. The van der Waals surface area contributed by atoms with Crippen molar-refractivity contribution < 1.29 is 9.90 Å². The van der Waals surface area contributed by atoms with Crippen molar-refractivity contribution in [2.24, 2.45) is 0 Å². The maximum Gasteiger partial charge on any atom is 0.314 e. The Hall–Kier alpha value is -1.02. The van der Waals surface area contributed by atoms with Gasteiger partial charge in [-0.3, -0.25) is 4.79 Å². The van der Waals surface area contributed by atoms with E-state index in [1.54, 1.807) is 0 Å². The average Bonchev–Trinajstić information content (AvgIpc) is 2.67. The van der Waals surface area contributed by atoms with Crippen molar-refractivity contribution in [2.75, 3.05) is 0 Å². The molecule has 16 heavy (non-hydrogen) atoms. The number of carboxylic acid groups (broad SMARTS) is 1. The third-order valence-corrected chi connectivity index (χ3v) is 3.82. The molecule has 1 saturated carbocycles. The molecule has 0 amide bonds. The van der Waals surface area contributed by atoms with Crippen LogP contribution in [0.4, 0.5) is 0 Å². The molecule has 1 fully saturated rings. The van der Waals surface area contributed by atoms with Gasteiger partial charge < -0.3 is 5.11 Å². The van der Waals surface area contributed by atoms with Crippen LogP contribution in [0.25, 0.3) is 0 Å². The van der Waals surface area contributed by atoms with Crippen LogP contribution in [0.5, 0.6) is 0 Å². The van der Waals surface area contributed by atoms with E-state index in [1.165, 1.54) is 0 Å². The first-order valence-electron chi connectivity index (χ1n) is 5.56. The smallest absolute Gasteiger partial charge is 0.314 e. The summed E-state index contributed by atoms with van der Waals surface area (Å²) in [5, 5.41) is 10.0. The number of benzene rings is 1. The van der Waals surface area contributed by atoms with Gasteiger partial charge in [-0.1, -0.05) is 36.6 Å². The number of hydrogen-bond acceptors (Lipinski definition) is 1. The maximum absolute atomic E-state index is 11.5. The summed E-state index contributed by atoms with van der Waals surface area (Å²) in [5.74, 6) is -0.740. The lowest BCUT2D eigenvalue weighted by atomic mass is 9.78. The molecular formula is C13H15ClO2. The molecule has 86 valence electrons. The summed E-state index contributed by atoms with van der Waals surface area (Å²) < 4.78 is 0. The summed E-state index contributed by atoms with van der Waals surface area (Å²) in [6.45, 7) is 1.96. The number of aryl methyl sites for hydroxylation is 1. The van der Waals surface area contributed by atoms with E-state index in [-0.39, 0.29) is 0 Å². The van der Waals surface area contributed by atoms with Crippen LogP contribution in [-0.2, 0) is 10.2 Å². The topological polar surface area (TPSA) is 37.3 Å². The van der Waals surface area contributed by atoms with Gasteiger partial charge in [0.25, 0.3) is 0 Å². The predicted molar refractivity (Wildman–Crippen MR) is 64.0 cm³/mol. The van der Waals surface area contributed by atoms with Crippen LogP contribution in [0.1, 0.15) is 36.8 Å². The van der Waals surface area contributed by atoms with Crippen molar-refractivity contribution in [3.8, 4) is 0 Å². The quantitative estimate of drug-likeness (QED) is 0.856. The fraction of sp³-hybridized carbons (Fsp3) is 0.462. The molecule has 3 heteroatoms. The van der Waals surface area contributed by atoms with Gasteiger partial charge in [-0.2, -0.15) is 0 Å². The summed E-state index contributed by atoms with van der Waals surface area (Å²) in [7, 11) is 0. The van der Waals surface area contributed by atoms with Crippen molar-refractivity contribution in [3.05, 3.63) is 34.3 Å². The molecule has 0 bridgehead atoms. The van der Waals surface area contributed by atoms with Gasteiger partial charge in [0.2, 0.25) is 0 Å². The Balaban J connectivity index is 2.51. The Morgan fingerprint density at radius 3 is 2.50 bits per heavy atom. The first-order chi connectivity index (χ1) is 7.56. The first-order valence-corrected chi connectivity index (χ1v) is 5.94. The molecule has 2 nitrogen and oxygen atoms in total. The third-order valence-electron chi connectivity index (χ3n) is 3.51. The Labute approximate surface area is 100 Å². The van der Waals surface area contributed by atoms with E-state index in [0.717, 1.165) is 24.0 Å². The van der Waals surface area contributed by atoms with Crippen molar-refractivity contribution >= 4 is 17.6 Å². The summed E-state index contributed by atoms with van der Waals surface area (Å²) in [5.41, 5.74) is 1.10. The van der Waals surface area contributed by atoms with E-state index in [2.05, 4.69) is 0 Å². The molecule has 1 N–H and O–H groups in total. The van der Waals surface area contributed by atoms with Crippen LogP contribution in [0.15, 0.2) is 18.2 Å². The Kier molecular flexibility index (Phi) is 2.94. The van der Waals surface area contributed by atoms with Gasteiger partial charge in [0.15, 0.2) is 0 Å². The number of rotatable bonds is 2. The minimum absolute atomic E-state index is 0.587. The monoisotopic (exact) mass is 238 g/mol. The summed E-state index contributed by atoms with van der Waals surface area (Å²) in [6, 6.07) is 5.65. The first kappa shape index (κ1) is 11.5. The lowest BCUT2D eigenvalue weighted by molar-refractivity contribution is -0.143. The highest BCUT2D eigenvalue weighted by Crippen LogP contribution is 2.44. The number of aliphatic carboxylic acids is 1. The van der Waals surface area contributed by atoms with Crippen LogP contribution in [0.2, 0.25) is 5.02 Å². The molecule has 0 atom stereocenters. The van der Waals surface area contributed by atoms with E-state index in [1.807, 2.05) is 25.1 Å². The number of carboxylic acids is 1. The molecule has 1 aliphatic rings. The molecule has 1 aliphatic carbocycles. The van der Waals surface area contributed by atoms with Crippen LogP contribution >= 0.6 is 11.6 Å². The second-order valence-corrected chi connectivity index (χ2v) is 4.98. The number of halogens is 1. The lowest BCUT2D eigenvalue weighted by Crippen LogP contribution is -2.32. The molecule has 0 saturated heterocycles. The van der Waals surface area contributed by atoms with Crippen LogP contribution < -0.4 is 0 Å². The molecule has 0 heterocycles. The molecule has 0 spiro atoms. The van der Waals surface area contributed by atoms with Gasteiger partial charge in [-0.05, 0) is 37.0 Å². The zero-order valence-electron chi connectivity index (χ0n) is 9.29. The summed E-state index contributed by atoms with van der Waals surface area (Å²) >= 11 is 6.18. The molecule has 0 radical (unpaired) electrons. The van der Waals surface area contributed by atoms with Crippen LogP contribution in [0, 0.1) is 6.92 Å². The fourth-order valence-electron chi connectivity index (χ4n) is 2.59. The predicted octanol–water partition coefficient (Wildman–Crippen LogP) is 3.54. The number of hydrogen-bond donors (Lipinski definition) is 1. The minimum atomic E-state index is -0.745. The van der Waals surface area contributed by atoms with E-state index in [9.17, 15) is 9.90 Å². The second kappa shape index (κ2) is 4.10. The zero-order chi connectivity index (χ0) is 11.8. The highest BCUT2D eigenvalue weighted by atomic mass is 35.5. The van der Waals surface area contributed by atoms with Gasteiger partial charge in [-0.25, -0.2) is 0 Å². The van der Waals surface area contributed by atoms with Crippen molar-refractivity contribution in [1.82, 2.24) is 0 Å². The van der Waals surface area contributed by atoms with Crippen LogP contribution in [-0.4, -0.2) is 11.1 Å². The fourth-order valence-corrected chi connectivity index (χ4v) is 3.00. The average molecular weight is 239 g/mol. The van der Waals surface area contributed by atoms with Gasteiger partial charge in [0.1, 0.15) is 0 Å². The van der Waals surface area contributed by atoms with Gasteiger partial charge in [-0.15, -0.1) is 0 Å². The SMILES string of the molecule is Cc1ccc(C2(C(=O)O)CCCC2)c(Cl)c1. The van der Waals surface area contributed by atoms with E-state index in [4.69, 9.17) is 11.6 Å². The third kappa shape index (κ3) is 1.71. The molecule has 1 aromatic rings. The van der Waals surface area contributed by atoms with Crippen molar-refractivity contribution in [3.63, 3.8) is 0 Å². The lowest BCUT2D eigenvalue weighted by Gasteiger charge is -2.25. The van der Waals surface area contributed by atoms with Gasteiger partial charge in [0, 0.05) is 5.02 Å². The summed E-state index contributed by atoms with van der Waals surface area (Å²) in [6.07, 6.45) is 3.34. The number of carbonyl (C=O) groups is 1. The Morgan fingerprint density at radius 1 is 1.38 bits per heavy atom. The maximum atomic E-state index is 11.5. The molecule has 0 unspecified atom stereocenters. The van der Waals surface area contributed by atoms with Crippen molar-refractivity contribution in [2.45, 2.75) is 38.0 Å². The standard InChI is InChI=1S/C13H15ClO2/c1-9-4-5-10(11(14)8-9)13(12(15)16)6-2-3-7-13/h4-5,8H,2-3,6-7H2,1H3,(H,15,16). The molecule has 2 rings (SSSR count). The molecule has 0 aliphatic heterocycles. The van der Waals surface area contributed by atoms with Gasteiger partial charge in [0.05, 0.1) is 5.41 Å². The highest BCUT2D eigenvalue weighted by Gasteiger charge is 2.44. The second-order valence-electron chi connectivity index (χ2n) is 4.58. The Bertz CT molecular complexity index is 420. The molecular weight excluding hydrogens is 224 g/mol. The molecule has 0 aromatic heterocycles. The molecule has 1 aromatic carbocycles.